The minimum Gasteiger partial charge on any atom is -0.490 e. The van der Waals surface area contributed by atoms with Gasteiger partial charge in [-0.3, -0.25) is 0 Å². The van der Waals surface area contributed by atoms with Gasteiger partial charge in [-0.2, -0.15) is 0 Å². The second kappa shape index (κ2) is 4.88. The van der Waals surface area contributed by atoms with Crippen molar-refractivity contribution in [3.05, 3.63) is 29.6 Å². The van der Waals surface area contributed by atoms with Gasteiger partial charge in [-0.15, -0.1) is 0 Å². The van der Waals surface area contributed by atoms with Gasteiger partial charge in [0, 0.05) is 12.0 Å². The van der Waals surface area contributed by atoms with Crippen LogP contribution in [0.4, 0.5) is 4.39 Å². The van der Waals surface area contributed by atoms with Crippen LogP contribution in [0.1, 0.15) is 32.8 Å². The van der Waals surface area contributed by atoms with Crippen molar-refractivity contribution in [2.75, 3.05) is 6.54 Å². The van der Waals surface area contributed by atoms with E-state index in [0.717, 1.165) is 24.2 Å². The largest absolute Gasteiger partial charge is 0.490 e. The van der Waals surface area contributed by atoms with Crippen molar-refractivity contribution in [1.29, 1.82) is 0 Å². The summed E-state index contributed by atoms with van der Waals surface area (Å²) in [6.45, 7) is 7.26. The third-order valence-electron chi connectivity index (χ3n) is 3.82. The van der Waals surface area contributed by atoms with Crippen LogP contribution < -0.4 is 10.5 Å². The summed E-state index contributed by atoms with van der Waals surface area (Å²) >= 11 is 0. The third kappa shape index (κ3) is 2.83. The molecule has 0 saturated heterocycles. The molecular weight excluding hydrogens is 229 g/mol. The molecule has 100 valence electrons. The number of hydrogen-bond acceptors (Lipinski definition) is 2. The van der Waals surface area contributed by atoms with Gasteiger partial charge in [0.05, 0.1) is 0 Å². The van der Waals surface area contributed by atoms with Crippen molar-refractivity contribution in [1.82, 2.24) is 0 Å². The van der Waals surface area contributed by atoms with Gasteiger partial charge in [-0.05, 0) is 42.5 Å². The van der Waals surface area contributed by atoms with Crippen molar-refractivity contribution >= 4 is 0 Å². The number of ether oxygens (including phenoxy) is 1. The van der Waals surface area contributed by atoms with Crippen LogP contribution in [0.5, 0.6) is 5.75 Å². The number of fused-ring (bicyclic) bond motifs is 1. The molecule has 2 unspecified atom stereocenters. The summed E-state index contributed by atoms with van der Waals surface area (Å²) in [5, 5.41) is 0. The highest BCUT2D eigenvalue weighted by atomic mass is 19.1. The molecule has 1 aromatic carbocycles. The van der Waals surface area contributed by atoms with E-state index in [1.165, 1.54) is 6.07 Å². The van der Waals surface area contributed by atoms with Crippen LogP contribution >= 0.6 is 0 Å². The predicted molar refractivity (Wildman–Crippen MR) is 71.1 cm³/mol. The Kier molecular flexibility index (Phi) is 3.62. The smallest absolute Gasteiger partial charge is 0.123 e. The summed E-state index contributed by atoms with van der Waals surface area (Å²) < 4.78 is 19.0. The highest BCUT2D eigenvalue weighted by molar-refractivity contribution is 5.37. The van der Waals surface area contributed by atoms with Gasteiger partial charge in [-0.25, -0.2) is 4.39 Å². The van der Waals surface area contributed by atoms with Crippen LogP contribution in [0.2, 0.25) is 0 Å². The zero-order valence-electron chi connectivity index (χ0n) is 11.4. The Morgan fingerprint density at radius 2 is 2.17 bits per heavy atom. The van der Waals surface area contributed by atoms with Gasteiger partial charge in [-0.1, -0.05) is 20.8 Å². The first kappa shape index (κ1) is 13.3. The predicted octanol–water partition coefficient (Wildman–Crippen LogP) is 3.14. The normalized spacial score (nSPS) is 20.4. The zero-order valence-corrected chi connectivity index (χ0v) is 11.4. The van der Waals surface area contributed by atoms with Crippen molar-refractivity contribution in [3.8, 4) is 5.75 Å². The monoisotopic (exact) mass is 251 g/mol. The molecule has 0 spiro atoms. The average Bonchev–Trinajstić information content (AvgIpc) is 2.65. The highest BCUT2D eigenvalue weighted by Gasteiger charge is 2.30. The number of hydrogen-bond donors (Lipinski definition) is 1. The molecule has 2 rings (SSSR count). The molecule has 2 N–H and O–H groups in total. The number of benzene rings is 1. The molecule has 1 aliphatic heterocycles. The summed E-state index contributed by atoms with van der Waals surface area (Å²) in [5.41, 5.74) is 7.01. The van der Waals surface area contributed by atoms with E-state index in [-0.39, 0.29) is 17.3 Å². The second-order valence-corrected chi connectivity index (χ2v) is 6.23. The molecule has 2 nitrogen and oxygen atoms in total. The van der Waals surface area contributed by atoms with Crippen molar-refractivity contribution < 1.29 is 9.13 Å². The lowest BCUT2D eigenvalue weighted by Gasteiger charge is -2.31. The maximum atomic E-state index is 13.1. The molecule has 0 aliphatic carbocycles. The van der Waals surface area contributed by atoms with Crippen LogP contribution in [-0.2, 0) is 6.42 Å². The number of rotatable bonds is 3. The molecule has 3 heteroatoms. The quantitative estimate of drug-likeness (QED) is 0.895. The molecule has 1 aliphatic rings. The molecule has 0 fully saturated rings. The maximum Gasteiger partial charge on any atom is 0.123 e. The second-order valence-electron chi connectivity index (χ2n) is 6.23. The Morgan fingerprint density at radius 3 is 2.78 bits per heavy atom. The van der Waals surface area contributed by atoms with Crippen LogP contribution in [0, 0.1) is 17.2 Å². The van der Waals surface area contributed by atoms with Gasteiger partial charge in [0.25, 0.3) is 0 Å². The van der Waals surface area contributed by atoms with E-state index in [2.05, 4.69) is 20.8 Å². The Hall–Kier alpha value is -1.09. The van der Waals surface area contributed by atoms with Crippen molar-refractivity contribution in [2.45, 2.75) is 39.7 Å². The minimum atomic E-state index is -0.191. The van der Waals surface area contributed by atoms with Gasteiger partial charge in [0.1, 0.15) is 17.7 Å². The molecular formula is C15H22FNO. The fraction of sp³-hybridized carbons (Fsp3) is 0.600. The molecule has 2 atom stereocenters. The van der Waals surface area contributed by atoms with E-state index in [9.17, 15) is 4.39 Å². The third-order valence-corrected chi connectivity index (χ3v) is 3.82. The lowest BCUT2D eigenvalue weighted by Crippen LogP contribution is -2.32. The van der Waals surface area contributed by atoms with Crippen molar-refractivity contribution in [3.63, 3.8) is 0 Å². The summed E-state index contributed by atoms with van der Waals surface area (Å²) in [5.74, 6) is 1.05. The SMILES string of the molecule is CC(C)(C)C(CN)CC1Cc2cc(F)ccc2O1. The van der Waals surface area contributed by atoms with Gasteiger partial charge >= 0.3 is 0 Å². The Morgan fingerprint density at radius 1 is 1.44 bits per heavy atom. The van der Waals surface area contributed by atoms with Crippen molar-refractivity contribution in [2.24, 2.45) is 17.1 Å². The zero-order chi connectivity index (χ0) is 13.3. The summed E-state index contributed by atoms with van der Waals surface area (Å²) in [6, 6.07) is 4.74. The maximum absolute atomic E-state index is 13.1. The average molecular weight is 251 g/mol. The minimum absolute atomic E-state index is 0.134. The van der Waals surface area contributed by atoms with E-state index in [1.54, 1.807) is 12.1 Å². The molecule has 0 bridgehead atoms. The molecule has 0 saturated carbocycles. The van der Waals surface area contributed by atoms with E-state index in [4.69, 9.17) is 10.5 Å². The Bertz CT molecular complexity index is 425. The first-order chi connectivity index (χ1) is 8.40. The van der Waals surface area contributed by atoms with Gasteiger partial charge in [0.15, 0.2) is 0 Å². The van der Waals surface area contributed by atoms with E-state index < -0.39 is 0 Å². The first-order valence-corrected chi connectivity index (χ1v) is 6.55. The van der Waals surface area contributed by atoms with Crippen LogP contribution in [0.15, 0.2) is 18.2 Å². The first-order valence-electron chi connectivity index (χ1n) is 6.55. The lowest BCUT2D eigenvalue weighted by molar-refractivity contribution is 0.140. The van der Waals surface area contributed by atoms with E-state index in [0.29, 0.717) is 12.5 Å². The molecule has 18 heavy (non-hydrogen) atoms. The molecule has 0 radical (unpaired) electrons. The molecule has 1 aromatic rings. The molecule has 1 heterocycles. The fourth-order valence-corrected chi connectivity index (χ4v) is 2.54. The van der Waals surface area contributed by atoms with Gasteiger partial charge < -0.3 is 10.5 Å². The topological polar surface area (TPSA) is 35.2 Å². The Labute approximate surface area is 108 Å². The standard InChI is InChI=1S/C15H22FNO/c1-15(2,3)11(9-17)8-13-7-10-6-12(16)4-5-14(10)18-13/h4-6,11,13H,7-9,17H2,1-3H3. The molecule has 0 amide bonds. The van der Waals surface area contributed by atoms with Gasteiger partial charge in [0.2, 0.25) is 0 Å². The highest BCUT2D eigenvalue weighted by Crippen LogP contribution is 2.35. The summed E-state index contributed by atoms with van der Waals surface area (Å²) in [6.07, 6.45) is 1.85. The van der Waals surface area contributed by atoms with E-state index >= 15 is 0 Å². The van der Waals surface area contributed by atoms with Crippen LogP contribution in [0.25, 0.3) is 0 Å². The Balaban J connectivity index is 2.03. The van der Waals surface area contributed by atoms with Crippen LogP contribution in [-0.4, -0.2) is 12.6 Å². The fourth-order valence-electron chi connectivity index (χ4n) is 2.54. The lowest BCUT2D eigenvalue weighted by atomic mass is 9.77. The summed E-state index contributed by atoms with van der Waals surface area (Å²) in [7, 11) is 0. The summed E-state index contributed by atoms with van der Waals surface area (Å²) in [4.78, 5) is 0. The molecule has 0 aromatic heterocycles. The number of nitrogens with two attached hydrogens (primary N) is 1. The van der Waals surface area contributed by atoms with Crippen LogP contribution in [0.3, 0.4) is 0 Å². The number of halogens is 1. The van der Waals surface area contributed by atoms with E-state index in [1.807, 2.05) is 0 Å².